The third-order valence-corrected chi connectivity index (χ3v) is 2.21. The normalized spacial score (nSPS) is 15.0. The number of carbonyl (C=O) groups is 1. The molecule has 0 fully saturated rings. The third-order valence-electron chi connectivity index (χ3n) is 2.21. The van der Waals surface area contributed by atoms with Gasteiger partial charge in [0.1, 0.15) is 0 Å². The summed E-state index contributed by atoms with van der Waals surface area (Å²) in [5, 5.41) is 19.0. The Bertz CT molecular complexity index is 213. The van der Waals surface area contributed by atoms with Crippen LogP contribution in [-0.4, -0.2) is 35.0 Å². The molecule has 0 saturated heterocycles. The van der Waals surface area contributed by atoms with Crippen molar-refractivity contribution in [3.63, 3.8) is 0 Å². The van der Waals surface area contributed by atoms with E-state index >= 15 is 0 Å². The Balaban J connectivity index is 3.84. The first-order chi connectivity index (χ1) is 7.61. The summed E-state index contributed by atoms with van der Waals surface area (Å²) in [5.41, 5.74) is 0. The standard InChI is InChI=1S/C12H22O4/c1-3-5-6-7-10(13)11(14)8-9-12(15)16-4-2/h8-11,13-14H,3-7H2,1-2H3/b9-8+/t10-,11-/m1/s1. The lowest BCUT2D eigenvalue weighted by molar-refractivity contribution is -0.137. The van der Waals surface area contributed by atoms with Gasteiger partial charge in [-0.05, 0) is 19.4 Å². The molecule has 0 aliphatic rings. The van der Waals surface area contributed by atoms with Gasteiger partial charge in [-0.1, -0.05) is 26.2 Å². The van der Waals surface area contributed by atoms with Crippen molar-refractivity contribution in [3.05, 3.63) is 12.2 Å². The Kier molecular flexibility index (Phi) is 8.85. The Morgan fingerprint density at radius 3 is 2.56 bits per heavy atom. The summed E-state index contributed by atoms with van der Waals surface area (Å²) in [5.74, 6) is -0.498. The fourth-order valence-corrected chi connectivity index (χ4v) is 1.27. The maximum atomic E-state index is 10.9. The number of rotatable bonds is 8. The summed E-state index contributed by atoms with van der Waals surface area (Å²) < 4.78 is 4.65. The molecule has 4 nitrogen and oxygen atoms in total. The average Bonchev–Trinajstić information content (AvgIpc) is 2.26. The summed E-state index contributed by atoms with van der Waals surface area (Å²) in [7, 11) is 0. The molecular formula is C12H22O4. The molecule has 0 unspecified atom stereocenters. The van der Waals surface area contributed by atoms with Crippen LogP contribution in [0, 0.1) is 0 Å². The van der Waals surface area contributed by atoms with Crippen LogP contribution in [0.15, 0.2) is 12.2 Å². The number of aliphatic hydroxyl groups excluding tert-OH is 2. The smallest absolute Gasteiger partial charge is 0.330 e. The number of unbranched alkanes of at least 4 members (excludes halogenated alkanes) is 2. The van der Waals surface area contributed by atoms with Crippen molar-refractivity contribution in [3.8, 4) is 0 Å². The average molecular weight is 230 g/mol. The van der Waals surface area contributed by atoms with Crippen LogP contribution in [-0.2, 0) is 9.53 Å². The summed E-state index contributed by atoms with van der Waals surface area (Å²) in [6.07, 6.45) is 4.14. The van der Waals surface area contributed by atoms with E-state index in [1.165, 1.54) is 6.08 Å². The van der Waals surface area contributed by atoms with Crippen LogP contribution in [0.25, 0.3) is 0 Å². The number of hydrogen-bond donors (Lipinski definition) is 2. The molecule has 0 saturated carbocycles. The van der Waals surface area contributed by atoms with Crippen LogP contribution >= 0.6 is 0 Å². The van der Waals surface area contributed by atoms with Gasteiger partial charge < -0.3 is 14.9 Å². The zero-order chi connectivity index (χ0) is 12.4. The van der Waals surface area contributed by atoms with Gasteiger partial charge in [0.05, 0.1) is 18.8 Å². The number of hydrogen-bond acceptors (Lipinski definition) is 4. The Hall–Kier alpha value is -0.870. The van der Waals surface area contributed by atoms with Crippen LogP contribution in [0.5, 0.6) is 0 Å². The first kappa shape index (κ1) is 15.1. The van der Waals surface area contributed by atoms with Gasteiger partial charge in [-0.2, -0.15) is 0 Å². The largest absolute Gasteiger partial charge is 0.463 e. The highest BCUT2D eigenvalue weighted by Crippen LogP contribution is 2.07. The molecular weight excluding hydrogens is 208 g/mol. The molecule has 94 valence electrons. The van der Waals surface area contributed by atoms with E-state index < -0.39 is 18.2 Å². The van der Waals surface area contributed by atoms with Gasteiger partial charge in [-0.15, -0.1) is 0 Å². The van der Waals surface area contributed by atoms with Crippen molar-refractivity contribution >= 4 is 5.97 Å². The maximum absolute atomic E-state index is 10.9. The van der Waals surface area contributed by atoms with E-state index in [1.807, 2.05) is 0 Å². The minimum Gasteiger partial charge on any atom is -0.463 e. The van der Waals surface area contributed by atoms with Crippen LogP contribution in [0.4, 0.5) is 0 Å². The van der Waals surface area contributed by atoms with Crippen molar-refractivity contribution in [2.75, 3.05) is 6.61 Å². The van der Waals surface area contributed by atoms with Gasteiger partial charge >= 0.3 is 5.97 Å². The van der Waals surface area contributed by atoms with Gasteiger partial charge in [-0.25, -0.2) is 4.79 Å². The third kappa shape index (κ3) is 7.43. The van der Waals surface area contributed by atoms with Crippen molar-refractivity contribution in [1.29, 1.82) is 0 Å². The van der Waals surface area contributed by atoms with E-state index in [1.54, 1.807) is 6.92 Å². The highest BCUT2D eigenvalue weighted by atomic mass is 16.5. The lowest BCUT2D eigenvalue weighted by atomic mass is 10.1. The molecule has 16 heavy (non-hydrogen) atoms. The molecule has 0 heterocycles. The predicted octanol–water partition coefficient (Wildman–Crippen LogP) is 1.41. The van der Waals surface area contributed by atoms with E-state index in [4.69, 9.17) is 0 Å². The highest BCUT2D eigenvalue weighted by Gasteiger charge is 2.12. The zero-order valence-electron chi connectivity index (χ0n) is 10.1. The molecule has 0 amide bonds. The van der Waals surface area contributed by atoms with Gasteiger partial charge in [-0.3, -0.25) is 0 Å². The van der Waals surface area contributed by atoms with Gasteiger partial charge in [0.15, 0.2) is 0 Å². The zero-order valence-corrected chi connectivity index (χ0v) is 10.1. The topological polar surface area (TPSA) is 66.8 Å². The van der Waals surface area contributed by atoms with Crippen molar-refractivity contribution < 1.29 is 19.7 Å². The molecule has 2 atom stereocenters. The second kappa shape index (κ2) is 9.36. The summed E-state index contributed by atoms with van der Waals surface area (Å²) in [6.45, 7) is 4.09. The lowest BCUT2D eigenvalue weighted by Gasteiger charge is -2.13. The lowest BCUT2D eigenvalue weighted by Crippen LogP contribution is -2.23. The van der Waals surface area contributed by atoms with Crippen molar-refractivity contribution in [1.82, 2.24) is 0 Å². The summed E-state index contributed by atoms with van der Waals surface area (Å²) in [6, 6.07) is 0. The van der Waals surface area contributed by atoms with E-state index in [2.05, 4.69) is 11.7 Å². The Morgan fingerprint density at radius 2 is 2.00 bits per heavy atom. The van der Waals surface area contributed by atoms with Crippen molar-refractivity contribution in [2.24, 2.45) is 0 Å². The quantitative estimate of drug-likeness (QED) is 0.376. The minimum atomic E-state index is -0.999. The van der Waals surface area contributed by atoms with Crippen LogP contribution in [0.3, 0.4) is 0 Å². The SMILES string of the molecule is CCCCC[C@@H](O)[C@H](O)/C=C/C(=O)OCC. The van der Waals surface area contributed by atoms with Crippen LogP contribution in [0.1, 0.15) is 39.5 Å². The van der Waals surface area contributed by atoms with Crippen molar-refractivity contribution in [2.45, 2.75) is 51.7 Å². The minimum absolute atomic E-state index is 0.304. The molecule has 0 aromatic carbocycles. The first-order valence-corrected chi connectivity index (χ1v) is 5.82. The summed E-state index contributed by atoms with van der Waals surface area (Å²) >= 11 is 0. The predicted molar refractivity (Wildman–Crippen MR) is 61.9 cm³/mol. The first-order valence-electron chi connectivity index (χ1n) is 5.82. The molecule has 0 aromatic rings. The van der Waals surface area contributed by atoms with E-state index in [-0.39, 0.29) is 0 Å². The molecule has 0 radical (unpaired) electrons. The number of ether oxygens (including phenoxy) is 1. The number of carbonyl (C=O) groups excluding carboxylic acids is 1. The molecule has 0 aliphatic heterocycles. The van der Waals surface area contributed by atoms with Crippen LogP contribution in [0.2, 0.25) is 0 Å². The number of esters is 1. The van der Waals surface area contributed by atoms with E-state index in [0.717, 1.165) is 25.3 Å². The Labute approximate surface area is 96.9 Å². The Morgan fingerprint density at radius 1 is 1.31 bits per heavy atom. The maximum Gasteiger partial charge on any atom is 0.330 e. The number of aliphatic hydroxyl groups is 2. The second-order valence-corrected chi connectivity index (χ2v) is 3.66. The van der Waals surface area contributed by atoms with Gasteiger partial charge in [0, 0.05) is 6.08 Å². The molecule has 0 aliphatic carbocycles. The van der Waals surface area contributed by atoms with E-state index in [0.29, 0.717) is 13.0 Å². The highest BCUT2D eigenvalue weighted by molar-refractivity contribution is 5.81. The van der Waals surface area contributed by atoms with Gasteiger partial charge in [0.25, 0.3) is 0 Å². The van der Waals surface area contributed by atoms with E-state index in [9.17, 15) is 15.0 Å². The van der Waals surface area contributed by atoms with Gasteiger partial charge in [0.2, 0.25) is 0 Å². The van der Waals surface area contributed by atoms with Crippen LogP contribution < -0.4 is 0 Å². The molecule has 0 spiro atoms. The molecule has 0 rings (SSSR count). The molecule has 0 bridgehead atoms. The fraction of sp³-hybridized carbons (Fsp3) is 0.750. The molecule has 0 aromatic heterocycles. The summed E-state index contributed by atoms with van der Waals surface area (Å²) in [4.78, 5) is 10.9. The second-order valence-electron chi connectivity index (χ2n) is 3.66. The fourth-order valence-electron chi connectivity index (χ4n) is 1.27. The monoisotopic (exact) mass is 230 g/mol. The molecule has 4 heteroatoms. The molecule has 2 N–H and O–H groups in total.